The van der Waals surface area contributed by atoms with Crippen molar-refractivity contribution in [3.8, 4) is 0 Å². The summed E-state index contributed by atoms with van der Waals surface area (Å²) < 4.78 is 0. The topological polar surface area (TPSA) is 25.8 Å². The van der Waals surface area contributed by atoms with Gasteiger partial charge >= 0.3 is 0 Å². The monoisotopic (exact) mass is 148 g/mol. The van der Waals surface area contributed by atoms with E-state index in [9.17, 15) is 0 Å². The van der Waals surface area contributed by atoms with E-state index in [1.807, 2.05) is 6.20 Å². The molecule has 0 bridgehead atoms. The molecule has 0 atom stereocenters. The fourth-order valence-electron chi connectivity index (χ4n) is 1.01. The molecule has 0 aliphatic carbocycles. The highest BCUT2D eigenvalue weighted by Gasteiger charge is 1.97. The highest BCUT2D eigenvalue weighted by Crippen LogP contribution is 2.06. The predicted molar refractivity (Wildman–Crippen MR) is 46.1 cm³/mol. The van der Waals surface area contributed by atoms with Crippen molar-refractivity contribution in [1.29, 1.82) is 0 Å². The van der Waals surface area contributed by atoms with Gasteiger partial charge in [0.15, 0.2) is 0 Å². The Morgan fingerprint density at radius 2 is 2.45 bits per heavy atom. The first-order valence-corrected chi connectivity index (χ1v) is 3.79. The SMILES string of the molecule is C=Cc1ncncc1CCC. The van der Waals surface area contributed by atoms with Crippen LogP contribution in [0.4, 0.5) is 0 Å². The quantitative estimate of drug-likeness (QED) is 0.655. The summed E-state index contributed by atoms with van der Waals surface area (Å²) in [6.07, 6.45) is 7.33. The van der Waals surface area contributed by atoms with Crippen LogP contribution in [0, 0.1) is 0 Å². The molecule has 1 aromatic heterocycles. The molecule has 58 valence electrons. The van der Waals surface area contributed by atoms with Crippen LogP contribution >= 0.6 is 0 Å². The Morgan fingerprint density at radius 1 is 1.64 bits per heavy atom. The Hall–Kier alpha value is -1.18. The van der Waals surface area contributed by atoms with Gasteiger partial charge in [-0.05, 0) is 18.1 Å². The lowest BCUT2D eigenvalue weighted by Gasteiger charge is -2.00. The Balaban J connectivity index is 2.92. The molecule has 11 heavy (non-hydrogen) atoms. The highest BCUT2D eigenvalue weighted by atomic mass is 14.8. The van der Waals surface area contributed by atoms with E-state index >= 15 is 0 Å². The van der Waals surface area contributed by atoms with Crippen LogP contribution in [-0.2, 0) is 6.42 Å². The maximum Gasteiger partial charge on any atom is 0.116 e. The molecule has 1 aromatic rings. The molecule has 1 rings (SSSR count). The van der Waals surface area contributed by atoms with Gasteiger partial charge in [-0.25, -0.2) is 9.97 Å². The summed E-state index contributed by atoms with van der Waals surface area (Å²) in [5, 5.41) is 0. The molecule has 0 spiro atoms. The van der Waals surface area contributed by atoms with Crippen LogP contribution in [0.1, 0.15) is 24.6 Å². The molecule has 0 unspecified atom stereocenters. The number of hydrogen-bond acceptors (Lipinski definition) is 2. The molecule has 2 heteroatoms. The van der Waals surface area contributed by atoms with Crippen molar-refractivity contribution in [3.05, 3.63) is 30.4 Å². The molecule has 0 aromatic carbocycles. The average molecular weight is 148 g/mol. The van der Waals surface area contributed by atoms with Crippen LogP contribution in [0.15, 0.2) is 19.1 Å². The van der Waals surface area contributed by atoms with E-state index < -0.39 is 0 Å². The normalized spacial score (nSPS) is 9.55. The maximum atomic E-state index is 4.09. The molecule has 0 aliphatic heterocycles. The molecule has 0 saturated carbocycles. The molecule has 1 heterocycles. The van der Waals surface area contributed by atoms with E-state index in [2.05, 4.69) is 23.5 Å². The lowest BCUT2D eigenvalue weighted by molar-refractivity contribution is 0.896. The van der Waals surface area contributed by atoms with Crippen molar-refractivity contribution in [2.45, 2.75) is 19.8 Å². The third-order valence-corrected chi connectivity index (χ3v) is 1.54. The van der Waals surface area contributed by atoms with Crippen molar-refractivity contribution >= 4 is 6.08 Å². The maximum absolute atomic E-state index is 4.09. The van der Waals surface area contributed by atoms with E-state index in [0.717, 1.165) is 18.5 Å². The minimum Gasteiger partial charge on any atom is -0.244 e. The molecule has 0 saturated heterocycles. The molecular formula is C9H12N2. The zero-order valence-corrected chi connectivity index (χ0v) is 6.75. The zero-order chi connectivity index (χ0) is 8.10. The van der Waals surface area contributed by atoms with Crippen LogP contribution in [-0.4, -0.2) is 9.97 Å². The largest absolute Gasteiger partial charge is 0.244 e. The van der Waals surface area contributed by atoms with Gasteiger partial charge < -0.3 is 0 Å². The molecular weight excluding hydrogens is 136 g/mol. The zero-order valence-electron chi connectivity index (χ0n) is 6.75. The van der Waals surface area contributed by atoms with Gasteiger partial charge in [0.1, 0.15) is 6.33 Å². The van der Waals surface area contributed by atoms with Gasteiger partial charge in [-0.1, -0.05) is 19.9 Å². The Morgan fingerprint density at radius 3 is 3.09 bits per heavy atom. The van der Waals surface area contributed by atoms with Crippen LogP contribution in [0.2, 0.25) is 0 Å². The minimum absolute atomic E-state index is 0.960. The Kier molecular flexibility index (Phi) is 2.78. The highest BCUT2D eigenvalue weighted by molar-refractivity contribution is 5.45. The van der Waals surface area contributed by atoms with Crippen LogP contribution in [0.5, 0.6) is 0 Å². The number of aromatic nitrogens is 2. The van der Waals surface area contributed by atoms with Crippen molar-refractivity contribution in [1.82, 2.24) is 9.97 Å². The van der Waals surface area contributed by atoms with Gasteiger partial charge in [0.05, 0.1) is 5.69 Å². The van der Waals surface area contributed by atoms with Crippen LogP contribution in [0.25, 0.3) is 6.08 Å². The summed E-state index contributed by atoms with van der Waals surface area (Å²) in [6.45, 7) is 5.82. The lowest BCUT2D eigenvalue weighted by Crippen LogP contribution is -1.92. The molecule has 0 N–H and O–H groups in total. The fourth-order valence-corrected chi connectivity index (χ4v) is 1.01. The van der Waals surface area contributed by atoms with E-state index in [1.54, 1.807) is 12.4 Å². The van der Waals surface area contributed by atoms with Gasteiger partial charge in [-0.3, -0.25) is 0 Å². The molecule has 0 aliphatic rings. The van der Waals surface area contributed by atoms with Gasteiger partial charge in [-0.15, -0.1) is 0 Å². The summed E-state index contributed by atoms with van der Waals surface area (Å²) in [4.78, 5) is 8.04. The van der Waals surface area contributed by atoms with Gasteiger partial charge in [0.2, 0.25) is 0 Å². The third-order valence-electron chi connectivity index (χ3n) is 1.54. The third kappa shape index (κ3) is 1.87. The molecule has 0 amide bonds. The first kappa shape index (κ1) is 7.92. The number of hydrogen-bond donors (Lipinski definition) is 0. The van der Waals surface area contributed by atoms with E-state index in [-0.39, 0.29) is 0 Å². The average Bonchev–Trinajstić information content (AvgIpc) is 2.06. The van der Waals surface area contributed by atoms with Crippen LogP contribution in [0.3, 0.4) is 0 Å². The molecule has 0 radical (unpaired) electrons. The molecule has 0 fully saturated rings. The Labute approximate surface area is 67.0 Å². The summed E-state index contributed by atoms with van der Waals surface area (Å²) in [7, 11) is 0. The molecule has 2 nitrogen and oxygen atoms in total. The second-order valence-corrected chi connectivity index (χ2v) is 2.39. The Bertz CT molecular complexity index is 243. The van der Waals surface area contributed by atoms with Gasteiger partial charge in [0, 0.05) is 6.20 Å². The second kappa shape index (κ2) is 3.86. The number of aryl methyl sites for hydroxylation is 1. The smallest absolute Gasteiger partial charge is 0.116 e. The summed E-state index contributed by atoms with van der Waals surface area (Å²) >= 11 is 0. The number of nitrogens with zero attached hydrogens (tertiary/aromatic N) is 2. The van der Waals surface area contributed by atoms with Gasteiger partial charge in [-0.2, -0.15) is 0 Å². The van der Waals surface area contributed by atoms with Crippen molar-refractivity contribution < 1.29 is 0 Å². The summed E-state index contributed by atoms with van der Waals surface area (Å²) in [5.41, 5.74) is 2.15. The lowest BCUT2D eigenvalue weighted by atomic mass is 10.1. The van der Waals surface area contributed by atoms with E-state index in [0.29, 0.717) is 0 Å². The first-order valence-electron chi connectivity index (χ1n) is 3.79. The summed E-state index contributed by atoms with van der Waals surface area (Å²) in [6, 6.07) is 0. The number of rotatable bonds is 3. The summed E-state index contributed by atoms with van der Waals surface area (Å²) in [5.74, 6) is 0. The van der Waals surface area contributed by atoms with E-state index in [1.165, 1.54) is 5.56 Å². The predicted octanol–water partition coefficient (Wildman–Crippen LogP) is 2.07. The minimum atomic E-state index is 0.960. The van der Waals surface area contributed by atoms with Gasteiger partial charge in [0.25, 0.3) is 0 Å². The fraction of sp³-hybridized carbons (Fsp3) is 0.333. The standard InChI is InChI=1S/C9H12N2/c1-3-5-8-6-10-7-11-9(8)4-2/h4,6-7H,2-3,5H2,1H3. The van der Waals surface area contributed by atoms with E-state index in [4.69, 9.17) is 0 Å². The first-order chi connectivity index (χ1) is 5.38. The second-order valence-electron chi connectivity index (χ2n) is 2.39. The van der Waals surface area contributed by atoms with Crippen molar-refractivity contribution in [2.24, 2.45) is 0 Å². The van der Waals surface area contributed by atoms with Crippen molar-refractivity contribution in [3.63, 3.8) is 0 Å². The van der Waals surface area contributed by atoms with Crippen LogP contribution < -0.4 is 0 Å². The van der Waals surface area contributed by atoms with Crippen molar-refractivity contribution in [2.75, 3.05) is 0 Å².